The van der Waals surface area contributed by atoms with E-state index >= 15 is 0 Å². The van der Waals surface area contributed by atoms with Crippen LogP contribution in [0.1, 0.15) is 139 Å². The third kappa shape index (κ3) is 15.9. The van der Waals surface area contributed by atoms with E-state index in [0.29, 0.717) is 43.5 Å². The highest BCUT2D eigenvalue weighted by atomic mass is 16.6. The van der Waals surface area contributed by atoms with Crippen molar-refractivity contribution < 1.29 is 57.4 Å². The van der Waals surface area contributed by atoms with E-state index in [-0.39, 0.29) is 75.2 Å². The topological polar surface area (TPSA) is 230 Å². The largest absolute Gasteiger partial charge is 0.497 e. The average molecular weight is 1020 g/mol. The number of nitrogens with zero attached hydrogens (tertiary/aromatic N) is 4. The Bertz CT molecular complexity index is 2100. The molecule has 3 heterocycles. The highest BCUT2D eigenvalue weighted by Gasteiger charge is 2.45. The molecule has 73 heavy (non-hydrogen) atoms. The fourth-order valence-electron chi connectivity index (χ4n) is 9.98. The molecule has 1 aromatic carbocycles. The monoisotopic (exact) mass is 1020 g/mol. The van der Waals surface area contributed by atoms with Gasteiger partial charge in [0.1, 0.15) is 48.1 Å². The van der Waals surface area contributed by atoms with E-state index in [4.69, 9.17) is 14.2 Å². The highest BCUT2D eigenvalue weighted by molar-refractivity contribution is 5.96. The quantitative estimate of drug-likeness (QED) is 0.210. The third-order valence-corrected chi connectivity index (χ3v) is 14.6. The number of benzene rings is 1. The summed E-state index contributed by atoms with van der Waals surface area (Å²) < 4.78 is 17.4. The predicted molar refractivity (Wildman–Crippen MR) is 273 cm³/mol. The van der Waals surface area contributed by atoms with Crippen molar-refractivity contribution in [1.82, 2.24) is 35.6 Å². The molecule has 19 heteroatoms. The first-order chi connectivity index (χ1) is 34.4. The number of cyclic esters (lactones) is 2. The minimum atomic E-state index is -1.57. The summed E-state index contributed by atoms with van der Waals surface area (Å²) in [5.41, 5.74) is 0.640. The molecule has 3 N–H and O–H groups in total. The van der Waals surface area contributed by atoms with Gasteiger partial charge >= 0.3 is 11.9 Å². The minimum absolute atomic E-state index is 0.0451. The minimum Gasteiger partial charge on any atom is -0.497 e. The maximum atomic E-state index is 14.9. The number of likely N-dealkylation sites (N-methyl/N-ethyl adjacent to an activating group) is 2. The summed E-state index contributed by atoms with van der Waals surface area (Å²) in [5, 5.41) is 8.71. The molecule has 3 aliphatic heterocycles. The van der Waals surface area contributed by atoms with Gasteiger partial charge in [0.25, 0.3) is 5.91 Å². The molecule has 19 nitrogen and oxygen atoms in total. The number of fused-ring (bicyclic) bond motifs is 1. The highest BCUT2D eigenvalue weighted by Crippen LogP contribution is 2.27. The van der Waals surface area contributed by atoms with E-state index in [1.165, 1.54) is 42.8 Å². The molecular formula is C54H85N7O12. The summed E-state index contributed by atoms with van der Waals surface area (Å²) in [7, 11) is 4.49. The Morgan fingerprint density at radius 3 is 2.10 bits per heavy atom. The summed E-state index contributed by atoms with van der Waals surface area (Å²) in [6.07, 6.45) is 0.183. The van der Waals surface area contributed by atoms with Crippen molar-refractivity contribution >= 4 is 53.3 Å². The van der Waals surface area contributed by atoms with Gasteiger partial charge in [0, 0.05) is 52.5 Å². The number of hydrogen-bond donors (Lipinski definition) is 3. The van der Waals surface area contributed by atoms with E-state index in [0.717, 1.165) is 0 Å². The number of carbonyl (C=O) groups excluding carboxylic acids is 9. The molecule has 0 aliphatic carbocycles. The molecule has 4 rings (SSSR count). The maximum Gasteiger partial charge on any atom is 0.329 e. The lowest BCUT2D eigenvalue weighted by Gasteiger charge is -2.36. The second kappa shape index (κ2) is 27.5. The van der Waals surface area contributed by atoms with Gasteiger partial charge in [-0.25, -0.2) is 4.79 Å². The van der Waals surface area contributed by atoms with Crippen molar-refractivity contribution in [3.8, 4) is 5.75 Å². The van der Waals surface area contributed by atoms with Gasteiger partial charge in [0.2, 0.25) is 35.4 Å². The Morgan fingerprint density at radius 1 is 0.849 bits per heavy atom. The Labute approximate surface area is 432 Å². The predicted octanol–water partition coefficient (Wildman–Crippen LogP) is 4.17. The van der Waals surface area contributed by atoms with Crippen LogP contribution in [0.3, 0.4) is 0 Å². The van der Waals surface area contributed by atoms with Crippen molar-refractivity contribution in [1.29, 1.82) is 0 Å². The van der Waals surface area contributed by atoms with Crippen LogP contribution in [0.5, 0.6) is 5.75 Å². The number of likely N-dealkylation sites (tertiary alicyclic amines) is 1. The zero-order valence-corrected chi connectivity index (χ0v) is 45.7. The first kappa shape index (κ1) is 59.8. The fourth-order valence-corrected chi connectivity index (χ4v) is 9.98. The molecule has 0 radical (unpaired) electrons. The summed E-state index contributed by atoms with van der Waals surface area (Å²) in [4.78, 5) is 134. The lowest BCUT2D eigenvalue weighted by atomic mass is 9.94. The van der Waals surface area contributed by atoms with Crippen LogP contribution in [0.25, 0.3) is 0 Å². The van der Waals surface area contributed by atoms with E-state index in [2.05, 4.69) is 16.0 Å². The van der Waals surface area contributed by atoms with E-state index in [1.807, 2.05) is 41.5 Å². The summed E-state index contributed by atoms with van der Waals surface area (Å²) >= 11 is 0. The molecule has 10 atom stereocenters. The number of methoxy groups -OCH3 is 1. The summed E-state index contributed by atoms with van der Waals surface area (Å²) in [5.74, 6) is -5.62. The van der Waals surface area contributed by atoms with Crippen LogP contribution in [-0.2, 0) is 59.0 Å². The van der Waals surface area contributed by atoms with E-state index in [1.54, 1.807) is 49.9 Å². The fraction of sp³-hybridized carbons (Fsp3) is 0.722. The summed E-state index contributed by atoms with van der Waals surface area (Å²) in [6.45, 7) is 18.7. The Balaban J connectivity index is 1.84. The van der Waals surface area contributed by atoms with Crippen LogP contribution in [0.2, 0.25) is 0 Å². The number of rotatable bonds is 15. The molecule has 3 fully saturated rings. The summed E-state index contributed by atoms with van der Waals surface area (Å²) in [6, 6.07) is -0.558. The van der Waals surface area contributed by atoms with Crippen molar-refractivity contribution in [2.45, 2.75) is 194 Å². The molecular weight excluding hydrogens is 939 g/mol. The van der Waals surface area contributed by atoms with Gasteiger partial charge in [-0.1, -0.05) is 80.9 Å². The normalized spacial score (nSPS) is 26.1. The zero-order chi connectivity index (χ0) is 54.4. The number of hydrogen-bond acceptors (Lipinski definition) is 12. The molecule has 408 valence electrons. The van der Waals surface area contributed by atoms with Crippen LogP contribution < -0.4 is 20.7 Å². The van der Waals surface area contributed by atoms with Gasteiger partial charge in [0.15, 0.2) is 6.10 Å². The van der Waals surface area contributed by atoms with Gasteiger partial charge in [-0.05, 0) is 93.2 Å². The number of ether oxygens (including phenoxy) is 3. The van der Waals surface area contributed by atoms with Crippen LogP contribution in [0.4, 0.5) is 0 Å². The maximum absolute atomic E-state index is 14.9. The van der Waals surface area contributed by atoms with E-state index < -0.39 is 108 Å². The van der Waals surface area contributed by atoms with Crippen LogP contribution in [0, 0.1) is 23.7 Å². The number of nitrogens with one attached hydrogen (secondary N) is 3. The molecule has 1 aromatic rings. The zero-order valence-electron chi connectivity index (χ0n) is 45.7. The van der Waals surface area contributed by atoms with Crippen molar-refractivity contribution in [2.75, 3.05) is 34.3 Å². The number of amides is 7. The average Bonchev–Trinajstić information content (AvgIpc) is 4.06. The van der Waals surface area contributed by atoms with Crippen LogP contribution >= 0.6 is 0 Å². The second-order valence-electron chi connectivity index (χ2n) is 21.4. The molecule has 7 amide bonds. The molecule has 0 spiro atoms. The Hall–Kier alpha value is -5.75. The first-order valence-electron chi connectivity index (χ1n) is 26.5. The number of carbonyl (C=O) groups is 9. The smallest absolute Gasteiger partial charge is 0.329 e. The lowest BCUT2D eigenvalue weighted by molar-refractivity contribution is -0.162. The van der Waals surface area contributed by atoms with Crippen LogP contribution in [0.15, 0.2) is 24.3 Å². The van der Waals surface area contributed by atoms with Gasteiger partial charge in [-0.2, -0.15) is 0 Å². The number of esters is 2. The standard InChI is InChI=1S/C54H85N7O12/c1-14-34(9)38-24-25-45(63)73-47(33(7)8)50(66)56-39(28-31(3)4)51(67)61-27-17-19-41(61)53(69)59(12)43(30-36-20-22-37(71-13)23-21-36)54(70)72-35(10)46(49(65)55-38)57-48(64)42(29-32(5)6)58(11)52(68)40-18-16-26-60(40)44(62)15-2/h20-23,31-35,38-43,46-47H,14-19,24-30H2,1-13H3,(H,55,65)(H,56,66)(H,57,64)/t34-,35+,38-,39-,40-,41-,42+,43-,46-,47?/m0/s1. The lowest BCUT2D eigenvalue weighted by Crippen LogP contribution is -2.61. The van der Waals surface area contributed by atoms with E-state index in [9.17, 15) is 43.2 Å². The Morgan fingerprint density at radius 2 is 1.51 bits per heavy atom. The van der Waals surface area contributed by atoms with Gasteiger partial charge in [-0.15, -0.1) is 0 Å². The third-order valence-electron chi connectivity index (χ3n) is 14.6. The van der Waals surface area contributed by atoms with Crippen molar-refractivity contribution in [2.24, 2.45) is 23.7 Å². The second-order valence-corrected chi connectivity index (χ2v) is 21.4. The van der Waals surface area contributed by atoms with Gasteiger partial charge in [-0.3, -0.25) is 38.4 Å². The molecule has 0 bridgehead atoms. The molecule has 3 saturated heterocycles. The molecule has 0 aromatic heterocycles. The SMILES string of the molecule is CCC(=O)N1CCC[C@H]1C(=O)N(C)[C@H](CC(C)C)C(=O)N[C@@H]1C(=O)N[C@H]([C@@H](C)CC)CCC(=O)OC(C(C)C)C(=O)N[C@@H](CC(C)C)C(=O)N2CCC[C@H]2C(=O)N(C)[C@@H](Cc2ccc(OC)cc2)C(=O)O[C@@H]1C. The van der Waals surface area contributed by atoms with Crippen molar-refractivity contribution in [3.05, 3.63) is 29.8 Å². The van der Waals surface area contributed by atoms with Crippen LogP contribution in [-0.4, -0.2) is 162 Å². The molecule has 0 saturated carbocycles. The van der Waals surface area contributed by atoms with Gasteiger partial charge in [0.05, 0.1) is 7.11 Å². The first-order valence-corrected chi connectivity index (χ1v) is 26.5. The Kier molecular flexibility index (Phi) is 22.5. The molecule has 1 unspecified atom stereocenters. The van der Waals surface area contributed by atoms with Gasteiger partial charge < -0.3 is 49.8 Å². The van der Waals surface area contributed by atoms with Crippen molar-refractivity contribution in [3.63, 3.8) is 0 Å². The molecule has 3 aliphatic rings.